The van der Waals surface area contributed by atoms with Crippen LogP contribution in [0.25, 0.3) is 0 Å². The summed E-state index contributed by atoms with van der Waals surface area (Å²) in [4.78, 5) is 19.3. The Balaban J connectivity index is 1.55. The summed E-state index contributed by atoms with van der Waals surface area (Å²) in [6.45, 7) is 5.87. The molecule has 1 unspecified atom stereocenters. The molecule has 122 valence electrons. The van der Waals surface area contributed by atoms with E-state index in [0.29, 0.717) is 12.0 Å². The second-order valence-corrected chi connectivity index (χ2v) is 7.63. The topological polar surface area (TPSA) is 57.3 Å². The maximum absolute atomic E-state index is 12.5. The molecule has 6 heteroatoms. The van der Waals surface area contributed by atoms with E-state index >= 15 is 0 Å². The van der Waals surface area contributed by atoms with Gasteiger partial charge in [0.1, 0.15) is 5.01 Å². The van der Waals surface area contributed by atoms with Crippen LogP contribution < -0.4 is 10.6 Å². The van der Waals surface area contributed by atoms with E-state index in [1.807, 2.05) is 0 Å². The highest BCUT2D eigenvalue weighted by Gasteiger charge is 2.45. The molecule has 3 rings (SSSR count). The van der Waals surface area contributed by atoms with Crippen LogP contribution in [0.5, 0.6) is 0 Å². The zero-order chi connectivity index (χ0) is 15.6. The fourth-order valence-corrected chi connectivity index (χ4v) is 4.57. The maximum Gasteiger partial charge on any atom is 0.237 e. The summed E-state index contributed by atoms with van der Waals surface area (Å²) in [6, 6.07) is 0.0173. The van der Waals surface area contributed by atoms with E-state index in [-0.39, 0.29) is 11.9 Å². The maximum atomic E-state index is 12.5. The number of aromatic nitrogens is 1. The van der Waals surface area contributed by atoms with Crippen LogP contribution in [0.15, 0.2) is 5.38 Å². The van der Waals surface area contributed by atoms with Crippen molar-refractivity contribution in [3.8, 4) is 0 Å². The number of likely N-dealkylation sites (tertiary alicyclic amines) is 1. The quantitative estimate of drug-likeness (QED) is 0.880. The van der Waals surface area contributed by atoms with Crippen molar-refractivity contribution in [2.24, 2.45) is 5.41 Å². The lowest BCUT2D eigenvalue weighted by atomic mass is 9.77. The van der Waals surface area contributed by atoms with Crippen molar-refractivity contribution in [3.63, 3.8) is 0 Å². The third-order valence-electron chi connectivity index (χ3n) is 5.09. The highest BCUT2D eigenvalue weighted by Crippen LogP contribution is 2.41. The number of amides is 1. The van der Waals surface area contributed by atoms with Crippen molar-refractivity contribution in [2.45, 2.75) is 45.2 Å². The molecule has 0 radical (unpaired) electrons. The number of hydrogen-bond acceptors (Lipinski definition) is 5. The summed E-state index contributed by atoms with van der Waals surface area (Å²) in [6.07, 6.45) is 4.32. The largest absolute Gasteiger partial charge is 0.348 e. The van der Waals surface area contributed by atoms with Gasteiger partial charge in [-0.3, -0.25) is 9.69 Å². The minimum Gasteiger partial charge on any atom is -0.348 e. The molecule has 2 aliphatic rings. The first-order chi connectivity index (χ1) is 10.6. The number of hydrogen-bond donors (Lipinski definition) is 2. The summed E-state index contributed by atoms with van der Waals surface area (Å²) in [7, 11) is 2.08. The zero-order valence-electron chi connectivity index (χ0n) is 13.5. The lowest BCUT2D eigenvalue weighted by Crippen LogP contribution is -2.41. The van der Waals surface area contributed by atoms with Gasteiger partial charge in [-0.05, 0) is 51.2 Å². The van der Waals surface area contributed by atoms with Crippen molar-refractivity contribution in [2.75, 3.05) is 26.7 Å². The van der Waals surface area contributed by atoms with Crippen molar-refractivity contribution in [3.05, 3.63) is 16.1 Å². The molecule has 22 heavy (non-hydrogen) atoms. The molecular weight excluding hydrogens is 296 g/mol. The molecule has 2 aliphatic heterocycles. The second-order valence-electron chi connectivity index (χ2n) is 6.69. The SMILES string of the molecule is CCc1csc(CNC(=O)C2CC3(CCNCC3)CN2C)n1. The third-order valence-corrected chi connectivity index (χ3v) is 5.98. The molecule has 0 aliphatic carbocycles. The lowest BCUT2D eigenvalue weighted by Gasteiger charge is -2.33. The Labute approximate surface area is 136 Å². The Morgan fingerprint density at radius 3 is 3.00 bits per heavy atom. The van der Waals surface area contributed by atoms with Crippen LogP contribution in [-0.2, 0) is 17.8 Å². The van der Waals surface area contributed by atoms with E-state index in [1.54, 1.807) is 11.3 Å². The van der Waals surface area contributed by atoms with Crippen molar-refractivity contribution < 1.29 is 4.79 Å². The predicted octanol–water partition coefficient (Wildman–Crippen LogP) is 1.40. The number of likely N-dealkylation sites (N-methyl/N-ethyl adjacent to an activating group) is 1. The van der Waals surface area contributed by atoms with Crippen molar-refractivity contribution in [1.29, 1.82) is 0 Å². The molecule has 1 amide bonds. The Morgan fingerprint density at radius 2 is 2.32 bits per heavy atom. The van der Waals surface area contributed by atoms with E-state index in [9.17, 15) is 4.79 Å². The molecular formula is C16H26N4OS. The number of nitrogens with one attached hydrogen (secondary N) is 2. The minimum absolute atomic E-state index is 0.0173. The molecule has 2 saturated heterocycles. The molecule has 5 nitrogen and oxygen atoms in total. The molecule has 2 fully saturated rings. The number of piperidine rings is 1. The summed E-state index contributed by atoms with van der Waals surface area (Å²) in [5, 5.41) is 9.58. The van der Waals surface area contributed by atoms with Gasteiger partial charge < -0.3 is 10.6 Å². The number of aryl methyl sites for hydroxylation is 1. The van der Waals surface area contributed by atoms with Crippen LogP contribution in [0.3, 0.4) is 0 Å². The fourth-order valence-electron chi connectivity index (χ4n) is 3.76. The van der Waals surface area contributed by atoms with Gasteiger partial charge in [-0.2, -0.15) is 0 Å². The highest BCUT2D eigenvalue weighted by molar-refractivity contribution is 7.09. The van der Waals surface area contributed by atoms with Gasteiger partial charge in [0.15, 0.2) is 0 Å². The molecule has 0 saturated carbocycles. The van der Waals surface area contributed by atoms with Gasteiger partial charge in [-0.15, -0.1) is 11.3 Å². The average Bonchev–Trinajstić information content (AvgIpc) is 3.10. The molecule has 1 spiro atoms. The van der Waals surface area contributed by atoms with Crippen LogP contribution >= 0.6 is 11.3 Å². The summed E-state index contributed by atoms with van der Waals surface area (Å²) >= 11 is 1.63. The Morgan fingerprint density at radius 1 is 1.55 bits per heavy atom. The monoisotopic (exact) mass is 322 g/mol. The Bertz CT molecular complexity index is 524. The van der Waals surface area contributed by atoms with E-state index in [1.165, 1.54) is 12.8 Å². The van der Waals surface area contributed by atoms with Gasteiger partial charge in [0.25, 0.3) is 0 Å². The molecule has 1 aromatic heterocycles. The second kappa shape index (κ2) is 6.64. The number of rotatable bonds is 4. The Hall–Kier alpha value is -0.980. The van der Waals surface area contributed by atoms with Crippen molar-refractivity contribution in [1.82, 2.24) is 20.5 Å². The molecule has 1 aromatic rings. The highest BCUT2D eigenvalue weighted by atomic mass is 32.1. The normalized spacial score (nSPS) is 24.7. The number of thiazole rings is 1. The molecule has 0 aromatic carbocycles. The predicted molar refractivity (Wildman–Crippen MR) is 88.9 cm³/mol. The van der Waals surface area contributed by atoms with Crippen molar-refractivity contribution >= 4 is 17.2 Å². The summed E-state index contributed by atoms with van der Waals surface area (Å²) in [5.41, 5.74) is 1.46. The number of nitrogens with zero attached hydrogens (tertiary/aromatic N) is 2. The van der Waals surface area contributed by atoms with Crippen LogP contribution in [0, 0.1) is 5.41 Å². The van der Waals surface area contributed by atoms with E-state index in [0.717, 1.165) is 43.2 Å². The van der Waals surface area contributed by atoms with Crippen LogP contribution in [0.2, 0.25) is 0 Å². The van der Waals surface area contributed by atoms with Gasteiger partial charge in [0.05, 0.1) is 18.3 Å². The zero-order valence-corrected chi connectivity index (χ0v) is 14.3. The van der Waals surface area contributed by atoms with Gasteiger partial charge in [-0.25, -0.2) is 4.98 Å². The van der Waals surface area contributed by atoms with Gasteiger partial charge >= 0.3 is 0 Å². The van der Waals surface area contributed by atoms with E-state index in [2.05, 4.69) is 39.9 Å². The first kappa shape index (κ1) is 15.9. The molecule has 3 heterocycles. The summed E-state index contributed by atoms with van der Waals surface area (Å²) in [5.74, 6) is 0.158. The first-order valence-corrected chi connectivity index (χ1v) is 9.12. The fraction of sp³-hybridized carbons (Fsp3) is 0.750. The standard InChI is InChI=1S/C16H26N4OS/c1-3-12-10-22-14(19-12)9-18-15(21)13-8-16(11-20(13)2)4-6-17-7-5-16/h10,13,17H,3-9,11H2,1-2H3,(H,18,21). The van der Waals surface area contributed by atoms with E-state index < -0.39 is 0 Å². The van der Waals surface area contributed by atoms with E-state index in [4.69, 9.17) is 0 Å². The Kier molecular flexibility index (Phi) is 4.80. The molecule has 0 bridgehead atoms. The van der Waals surface area contributed by atoms with Crippen LogP contribution in [0.1, 0.15) is 36.9 Å². The average molecular weight is 322 g/mol. The minimum atomic E-state index is 0.0173. The first-order valence-electron chi connectivity index (χ1n) is 8.24. The number of carbonyl (C=O) groups excluding carboxylic acids is 1. The van der Waals surface area contributed by atoms with Crippen LogP contribution in [-0.4, -0.2) is 48.5 Å². The van der Waals surface area contributed by atoms with Crippen LogP contribution in [0.4, 0.5) is 0 Å². The van der Waals surface area contributed by atoms with Gasteiger partial charge in [0.2, 0.25) is 5.91 Å². The van der Waals surface area contributed by atoms with Gasteiger partial charge in [0, 0.05) is 11.9 Å². The summed E-state index contributed by atoms with van der Waals surface area (Å²) < 4.78 is 0. The number of carbonyl (C=O) groups is 1. The smallest absolute Gasteiger partial charge is 0.237 e. The molecule has 1 atom stereocenters. The third kappa shape index (κ3) is 3.34. The lowest BCUT2D eigenvalue weighted by molar-refractivity contribution is -0.125. The van der Waals surface area contributed by atoms with Gasteiger partial charge in [-0.1, -0.05) is 6.92 Å². The molecule has 2 N–H and O–H groups in total.